The quantitative estimate of drug-likeness (QED) is 0.903. The van der Waals surface area contributed by atoms with Crippen molar-refractivity contribution in [3.63, 3.8) is 0 Å². The van der Waals surface area contributed by atoms with Crippen LogP contribution in [0.3, 0.4) is 0 Å². The van der Waals surface area contributed by atoms with E-state index in [9.17, 15) is 4.79 Å². The van der Waals surface area contributed by atoms with E-state index in [0.717, 1.165) is 12.0 Å². The molecule has 1 unspecified atom stereocenters. The number of rotatable bonds is 5. The molecule has 0 aromatic heterocycles. The lowest BCUT2D eigenvalue weighted by atomic mass is 10.0. The first-order valence-corrected chi connectivity index (χ1v) is 6.59. The van der Waals surface area contributed by atoms with Crippen molar-refractivity contribution in [3.8, 4) is 0 Å². The summed E-state index contributed by atoms with van der Waals surface area (Å²) in [5.74, 6) is 0.0495. The minimum atomic E-state index is 0.0495. The number of nitrogens with one attached hydrogen (secondary N) is 1. The zero-order valence-corrected chi connectivity index (χ0v) is 12.3. The van der Waals surface area contributed by atoms with Gasteiger partial charge in [-0.25, -0.2) is 0 Å². The fraction of sp³-hybridized carbons (Fsp3) is 0.462. The van der Waals surface area contributed by atoms with Crippen molar-refractivity contribution < 1.29 is 4.79 Å². The van der Waals surface area contributed by atoms with Crippen LogP contribution in [0.1, 0.15) is 24.9 Å². The fourth-order valence-corrected chi connectivity index (χ4v) is 1.90. The van der Waals surface area contributed by atoms with Crippen molar-refractivity contribution >= 4 is 29.1 Å². The van der Waals surface area contributed by atoms with Crippen LogP contribution >= 0.6 is 23.2 Å². The molecule has 3 nitrogen and oxygen atoms in total. The maximum Gasteiger partial charge on any atom is 0.236 e. The van der Waals surface area contributed by atoms with Crippen LogP contribution in [-0.2, 0) is 4.79 Å². The number of carbonyl (C=O) groups is 1. The third kappa shape index (κ3) is 4.16. The van der Waals surface area contributed by atoms with Gasteiger partial charge >= 0.3 is 0 Å². The molecule has 1 aromatic carbocycles. The van der Waals surface area contributed by atoms with Crippen LogP contribution in [0.2, 0.25) is 10.0 Å². The van der Waals surface area contributed by atoms with Gasteiger partial charge in [-0.3, -0.25) is 4.79 Å². The van der Waals surface area contributed by atoms with Crippen LogP contribution in [-0.4, -0.2) is 31.4 Å². The first kappa shape index (κ1) is 15.3. The molecular formula is C13H18Cl2N2O. The molecule has 0 aliphatic rings. The molecule has 0 heterocycles. The van der Waals surface area contributed by atoms with Gasteiger partial charge in [0.25, 0.3) is 0 Å². The molecule has 0 spiro atoms. The van der Waals surface area contributed by atoms with Gasteiger partial charge in [-0.2, -0.15) is 0 Å². The molecule has 5 heteroatoms. The van der Waals surface area contributed by atoms with E-state index in [1.807, 2.05) is 12.1 Å². The lowest BCUT2D eigenvalue weighted by molar-refractivity contribution is -0.127. The van der Waals surface area contributed by atoms with Gasteiger partial charge in [-0.05, 0) is 24.1 Å². The minimum Gasteiger partial charge on any atom is -0.348 e. The van der Waals surface area contributed by atoms with Crippen LogP contribution in [0.4, 0.5) is 0 Å². The normalized spacial score (nSPS) is 12.3. The number of halogens is 2. The molecule has 0 saturated carbocycles. The molecule has 0 saturated heterocycles. The molecule has 1 aromatic rings. The summed E-state index contributed by atoms with van der Waals surface area (Å²) in [6.07, 6.45) is 0.874. The maximum absolute atomic E-state index is 11.5. The van der Waals surface area contributed by atoms with Crippen molar-refractivity contribution in [1.82, 2.24) is 10.2 Å². The Hall–Kier alpha value is -0.770. The van der Waals surface area contributed by atoms with Crippen molar-refractivity contribution in [2.24, 2.45) is 0 Å². The summed E-state index contributed by atoms with van der Waals surface area (Å²) >= 11 is 11.9. The maximum atomic E-state index is 11.5. The predicted molar refractivity (Wildman–Crippen MR) is 76.2 cm³/mol. The highest BCUT2D eigenvalue weighted by Gasteiger charge is 2.12. The molecule has 100 valence electrons. The number of amides is 1. The summed E-state index contributed by atoms with van der Waals surface area (Å²) in [6, 6.07) is 5.64. The highest BCUT2D eigenvalue weighted by atomic mass is 35.5. The predicted octanol–water partition coefficient (Wildman–Crippen LogP) is 3.12. The second-order valence-electron chi connectivity index (χ2n) is 4.30. The zero-order chi connectivity index (χ0) is 13.7. The lowest BCUT2D eigenvalue weighted by Gasteiger charge is -2.19. The van der Waals surface area contributed by atoms with Gasteiger partial charge in [-0.1, -0.05) is 36.2 Å². The molecule has 1 N–H and O–H groups in total. The van der Waals surface area contributed by atoms with E-state index in [-0.39, 0.29) is 11.9 Å². The lowest BCUT2D eigenvalue weighted by Crippen LogP contribution is -2.34. The Morgan fingerprint density at radius 3 is 2.50 bits per heavy atom. The molecule has 1 amide bonds. The van der Waals surface area contributed by atoms with E-state index >= 15 is 0 Å². The highest BCUT2D eigenvalue weighted by molar-refractivity contribution is 6.42. The van der Waals surface area contributed by atoms with Gasteiger partial charge < -0.3 is 10.2 Å². The summed E-state index contributed by atoms with van der Waals surface area (Å²) < 4.78 is 0. The van der Waals surface area contributed by atoms with Crippen LogP contribution in [0.5, 0.6) is 0 Å². The van der Waals surface area contributed by atoms with Crippen molar-refractivity contribution in [3.05, 3.63) is 33.8 Å². The molecular weight excluding hydrogens is 271 g/mol. The number of carbonyl (C=O) groups excluding carboxylic acids is 1. The summed E-state index contributed by atoms with van der Waals surface area (Å²) in [4.78, 5) is 13.1. The summed E-state index contributed by atoms with van der Waals surface area (Å²) in [6.45, 7) is 2.37. The van der Waals surface area contributed by atoms with E-state index in [1.165, 1.54) is 0 Å². The van der Waals surface area contributed by atoms with Gasteiger partial charge in [0.05, 0.1) is 16.6 Å². The number of hydrogen-bond acceptors (Lipinski definition) is 2. The summed E-state index contributed by atoms with van der Waals surface area (Å²) in [7, 11) is 3.48. The smallest absolute Gasteiger partial charge is 0.236 e. The SMILES string of the molecule is CCC(NCC(=O)N(C)C)c1ccc(Cl)c(Cl)c1. The van der Waals surface area contributed by atoms with E-state index in [1.54, 1.807) is 25.1 Å². The highest BCUT2D eigenvalue weighted by Crippen LogP contribution is 2.26. The molecule has 18 heavy (non-hydrogen) atoms. The average Bonchev–Trinajstić information content (AvgIpc) is 2.33. The number of nitrogens with zero attached hydrogens (tertiary/aromatic N) is 1. The van der Waals surface area contributed by atoms with Crippen LogP contribution in [0.15, 0.2) is 18.2 Å². The Labute approximate surface area is 118 Å². The van der Waals surface area contributed by atoms with Gasteiger partial charge in [0.15, 0.2) is 0 Å². The van der Waals surface area contributed by atoms with Gasteiger partial charge in [0.1, 0.15) is 0 Å². The number of benzene rings is 1. The minimum absolute atomic E-state index is 0.0495. The van der Waals surface area contributed by atoms with E-state index in [2.05, 4.69) is 12.2 Å². The fourth-order valence-electron chi connectivity index (χ4n) is 1.60. The average molecular weight is 289 g/mol. The molecule has 0 fully saturated rings. The van der Waals surface area contributed by atoms with Crippen LogP contribution in [0, 0.1) is 0 Å². The third-order valence-electron chi connectivity index (χ3n) is 2.75. The van der Waals surface area contributed by atoms with Gasteiger partial charge in [-0.15, -0.1) is 0 Å². The number of likely N-dealkylation sites (N-methyl/N-ethyl adjacent to an activating group) is 1. The standard InChI is InChI=1S/C13H18Cl2N2O/c1-4-12(16-8-13(18)17(2)3)9-5-6-10(14)11(15)7-9/h5-7,12,16H,4,8H2,1-3H3. The Kier molecular flexibility index (Phi) is 5.93. The van der Waals surface area contributed by atoms with E-state index < -0.39 is 0 Å². The largest absolute Gasteiger partial charge is 0.348 e. The molecule has 0 radical (unpaired) electrons. The van der Waals surface area contributed by atoms with Crippen molar-refractivity contribution in [2.75, 3.05) is 20.6 Å². The first-order valence-electron chi connectivity index (χ1n) is 5.84. The monoisotopic (exact) mass is 288 g/mol. The Morgan fingerprint density at radius 1 is 1.33 bits per heavy atom. The van der Waals surface area contributed by atoms with Crippen molar-refractivity contribution in [1.29, 1.82) is 0 Å². The summed E-state index contributed by atoms with van der Waals surface area (Å²) in [5, 5.41) is 4.30. The molecule has 0 bridgehead atoms. The molecule has 0 aliphatic carbocycles. The Balaban J connectivity index is 2.71. The third-order valence-corrected chi connectivity index (χ3v) is 3.49. The second-order valence-corrected chi connectivity index (χ2v) is 5.12. The Morgan fingerprint density at radius 2 is 2.00 bits per heavy atom. The molecule has 1 atom stereocenters. The topological polar surface area (TPSA) is 32.3 Å². The Bertz CT molecular complexity index is 421. The van der Waals surface area contributed by atoms with Crippen LogP contribution in [0.25, 0.3) is 0 Å². The van der Waals surface area contributed by atoms with Gasteiger partial charge in [0.2, 0.25) is 5.91 Å². The summed E-state index contributed by atoms with van der Waals surface area (Å²) in [5.41, 5.74) is 1.04. The zero-order valence-electron chi connectivity index (χ0n) is 10.8. The number of hydrogen-bond donors (Lipinski definition) is 1. The van der Waals surface area contributed by atoms with E-state index in [0.29, 0.717) is 16.6 Å². The first-order chi connectivity index (χ1) is 8.45. The second kappa shape index (κ2) is 6.98. The molecule has 1 rings (SSSR count). The van der Waals surface area contributed by atoms with Gasteiger partial charge in [0, 0.05) is 20.1 Å². The van der Waals surface area contributed by atoms with Crippen molar-refractivity contribution in [2.45, 2.75) is 19.4 Å². The van der Waals surface area contributed by atoms with Crippen LogP contribution < -0.4 is 5.32 Å². The van der Waals surface area contributed by atoms with E-state index in [4.69, 9.17) is 23.2 Å². The molecule has 0 aliphatic heterocycles.